The predicted molar refractivity (Wildman–Crippen MR) is 92.2 cm³/mol. The first kappa shape index (κ1) is 15.7. The fourth-order valence-electron chi connectivity index (χ4n) is 3.21. The van der Waals surface area contributed by atoms with Gasteiger partial charge in [0.05, 0.1) is 6.20 Å². The zero-order chi connectivity index (χ0) is 16.9. The van der Waals surface area contributed by atoms with Gasteiger partial charge in [0.2, 0.25) is 5.88 Å². The third-order valence-electron chi connectivity index (χ3n) is 4.42. The van der Waals surface area contributed by atoms with Crippen LogP contribution in [0, 0.1) is 0 Å². The molecule has 25 heavy (non-hydrogen) atoms. The molecular weight excluding hydrogens is 316 g/mol. The van der Waals surface area contributed by atoms with Crippen LogP contribution in [0.15, 0.2) is 49.2 Å². The molecule has 3 aromatic rings. The maximum absolute atomic E-state index is 5.68. The standard InChI is InChI=1S/C18H20N6O/c1-2-15(18-21-13-22-23-18)12-24(9-1)11-14-3-5-16(6-4-14)25-17-10-19-7-8-20-17/h3-8,10,13,15H,1-2,9,11-12H2,(H,21,22,23). The highest BCUT2D eigenvalue weighted by molar-refractivity contribution is 5.29. The van der Waals surface area contributed by atoms with Crippen LogP contribution < -0.4 is 4.74 Å². The summed E-state index contributed by atoms with van der Waals surface area (Å²) in [6.45, 7) is 3.05. The number of hydrogen-bond acceptors (Lipinski definition) is 6. The molecule has 7 nitrogen and oxygen atoms in total. The maximum Gasteiger partial charge on any atom is 0.237 e. The maximum atomic E-state index is 5.68. The topological polar surface area (TPSA) is 79.8 Å². The molecule has 1 unspecified atom stereocenters. The van der Waals surface area contributed by atoms with Gasteiger partial charge in [0.25, 0.3) is 0 Å². The third kappa shape index (κ3) is 4.00. The molecule has 0 saturated carbocycles. The largest absolute Gasteiger partial charge is 0.438 e. The van der Waals surface area contributed by atoms with Crippen LogP contribution in [-0.4, -0.2) is 43.1 Å². The van der Waals surface area contributed by atoms with Crippen molar-refractivity contribution in [2.24, 2.45) is 0 Å². The van der Waals surface area contributed by atoms with Gasteiger partial charge < -0.3 is 4.74 Å². The van der Waals surface area contributed by atoms with Crippen molar-refractivity contribution in [3.8, 4) is 11.6 Å². The van der Waals surface area contributed by atoms with Gasteiger partial charge in [-0.1, -0.05) is 12.1 Å². The van der Waals surface area contributed by atoms with E-state index in [4.69, 9.17) is 4.74 Å². The number of ether oxygens (including phenoxy) is 1. The van der Waals surface area contributed by atoms with Crippen LogP contribution in [0.2, 0.25) is 0 Å². The number of aromatic amines is 1. The summed E-state index contributed by atoms with van der Waals surface area (Å²) in [5.41, 5.74) is 1.27. The predicted octanol–water partition coefficient (Wildman–Crippen LogP) is 2.77. The number of nitrogens with one attached hydrogen (secondary N) is 1. The van der Waals surface area contributed by atoms with Crippen molar-refractivity contribution in [2.45, 2.75) is 25.3 Å². The fraction of sp³-hybridized carbons (Fsp3) is 0.333. The summed E-state index contributed by atoms with van der Waals surface area (Å²) in [5, 5.41) is 6.98. The van der Waals surface area contributed by atoms with E-state index in [0.717, 1.165) is 37.6 Å². The molecule has 1 aliphatic heterocycles. The number of piperidine rings is 1. The summed E-state index contributed by atoms with van der Waals surface area (Å²) < 4.78 is 5.68. The second-order valence-electron chi connectivity index (χ2n) is 6.23. The van der Waals surface area contributed by atoms with Crippen molar-refractivity contribution < 1.29 is 4.74 Å². The van der Waals surface area contributed by atoms with Gasteiger partial charge >= 0.3 is 0 Å². The van der Waals surface area contributed by atoms with Crippen LogP contribution in [0.3, 0.4) is 0 Å². The van der Waals surface area contributed by atoms with E-state index < -0.39 is 0 Å². The highest BCUT2D eigenvalue weighted by Gasteiger charge is 2.23. The SMILES string of the molecule is c1cnc(Oc2ccc(CN3CCCC(c4ncn[nH]4)C3)cc2)cn1. The summed E-state index contributed by atoms with van der Waals surface area (Å²) >= 11 is 0. The highest BCUT2D eigenvalue weighted by Crippen LogP contribution is 2.26. The van der Waals surface area contributed by atoms with Gasteiger partial charge in [-0.15, -0.1) is 0 Å². The van der Waals surface area contributed by atoms with E-state index in [1.807, 2.05) is 12.1 Å². The molecule has 0 spiro atoms. The van der Waals surface area contributed by atoms with E-state index in [1.54, 1.807) is 24.9 Å². The first-order valence-corrected chi connectivity index (χ1v) is 8.47. The Balaban J connectivity index is 1.36. The normalized spacial score (nSPS) is 18.2. The molecule has 1 saturated heterocycles. The lowest BCUT2D eigenvalue weighted by Crippen LogP contribution is -2.34. The van der Waals surface area contributed by atoms with Gasteiger partial charge in [0.1, 0.15) is 17.9 Å². The Morgan fingerprint density at radius 3 is 2.84 bits per heavy atom. The van der Waals surface area contributed by atoms with E-state index in [9.17, 15) is 0 Å². The Bertz CT molecular complexity index is 775. The van der Waals surface area contributed by atoms with Crippen molar-refractivity contribution in [1.29, 1.82) is 0 Å². The zero-order valence-electron chi connectivity index (χ0n) is 13.9. The average Bonchev–Trinajstić information content (AvgIpc) is 3.19. The van der Waals surface area contributed by atoms with Crippen LogP contribution in [-0.2, 0) is 6.54 Å². The van der Waals surface area contributed by atoms with E-state index in [0.29, 0.717) is 11.8 Å². The molecule has 3 heterocycles. The van der Waals surface area contributed by atoms with Crippen LogP contribution in [0.5, 0.6) is 11.6 Å². The van der Waals surface area contributed by atoms with Crippen LogP contribution in [0.1, 0.15) is 30.1 Å². The van der Waals surface area contributed by atoms with Crippen molar-refractivity contribution in [1.82, 2.24) is 30.0 Å². The van der Waals surface area contributed by atoms with Crippen LogP contribution >= 0.6 is 0 Å². The number of hydrogen-bond donors (Lipinski definition) is 1. The van der Waals surface area contributed by atoms with E-state index in [2.05, 4.69) is 42.2 Å². The second kappa shape index (κ2) is 7.40. The minimum Gasteiger partial charge on any atom is -0.438 e. The molecule has 1 fully saturated rings. The first-order valence-electron chi connectivity index (χ1n) is 8.47. The molecule has 1 N–H and O–H groups in total. The quantitative estimate of drug-likeness (QED) is 0.772. The summed E-state index contributed by atoms with van der Waals surface area (Å²) in [4.78, 5) is 14.9. The molecule has 1 aliphatic rings. The van der Waals surface area contributed by atoms with Crippen molar-refractivity contribution in [3.63, 3.8) is 0 Å². The van der Waals surface area contributed by atoms with Crippen molar-refractivity contribution in [3.05, 3.63) is 60.6 Å². The summed E-state index contributed by atoms with van der Waals surface area (Å²) in [5.74, 6) is 2.71. The summed E-state index contributed by atoms with van der Waals surface area (Å²) in [7, 11) is 0. The minimum absolute atomic E-state index is 0.440. The lowest BCUT2D eigenvalue weighted by Gasteiger charge is -2.31. The van der Waals surface area contributed by atoms with Gasteiger partial charge in [-0.3, -0.25) is 15.0 Å². The van der Waals surface area contributed by atoms with E-state index >= 15 is 0 Å². The summed E-state index contributed by atoms with van der Waals surface area (Å²) in [6, 6.07) is 8.15. The number of benzene rings is 1. The van der Waals surface area contributed by atoms with Gasteiger partial charge in [-0.05, 0) is 37.1 Å². The lowest BCUT2D eigenvalue weighted by molar-refractivity contribution is 0.196. The molecular formula is C18H20N6O. The molecule has 1 atom stereocenters. The smallest absolute Gasteiger partial charge is 0.237 e. The number of nitrogens with zero attached hydrogens (tertiary/aromatic N) is 5. The van der Waals surface area contributed by atoms with Crippen LogP contribution in [0.25, 0.3) is 0 Å². The van der Waals surface area contributed by atoms with E-state index in [-0.39, 0.29) is 0 Å². The summed E-state index contributed by atoms with van der Waals surface area (Å²) in [6.07, 6.45) is 8.77. The monoisotopic (exact) mass is 336 g/mol. The molecule has 128 valence electrons. The highest BCUT2D eigenvalue weighted by atomic mass is 16.5. The molecule has 4 rings (SSSR count). The Kier molecular flexibility index (Phi) is 4.65. The first-order chi connectivity index (χ1) is 12.4. The average molecular weight is 336 g/mol. The molecule has 0 radical (unpaired) electrons. The fourth-order valence-corrected chi connectivity index (χ4v) is 3.21. The lowest BCUT2D eigenvalue weighted by atomic mass is 9.97. The zero-order valence-corrected chi connectivity index (χ0v) is 13.9. The molecule has 1 aromatic carbocycles. The molecule has 0 bridgehead atoms. The van der Waals surface area contributed by atoms with Gasteiger partial charge in [0, 0.05) is 31.4 Å². The minimum atomic E-state index is 0.440. The number of likely N-dealkylation sites (tertiary alicyclic amines) is 1. The number of aromatic nitrogens is 5. The Labute approximate surface area is 146 Å². The van der Waals surface area contributed by atoms with Gasteiger partial charge in [-0.2, -0.15) is 5.10 Å². The number of H-pyrrole nitrogens is 1. The molecule has 0 aliphatic carbocycles. The van der Waals surface area contributed by atoms with E-state index in [1.165, 1.54) is 12.0 Å². The Morgan fingerprint density at radius 2 is 2.08 bits per heavy atom. The van der Waals surface area contributed by atoms with Gasteiger partial charge in [-0.25, -0.2) is 9.97 Å². The third-order valence-corrected chi connectivity index (χ3v) is 4.42. The molecule has 2 aromatic heterocycles. The molecule has 7 heteroatoms. The second-order valence-corrected chi connectivity index (χ2v) is 6.23. The Morgan fingerprint density at radius 1 is 1.16 bits per heavy atom. The molecule has 0 amide bonds. The van der Waals surface area contributed by atoms with Crippen LogP contribution in [0.4, 0.5) is 0 Å². The van der Waals surface area contributed by atoms with Crippen molar-refractivity contribution in [2.75, 3.05) is 13.1 Å². The Hall–Kier alpha value is -2.80. The van der Waals surface area contributed by atoms with Gasteiger partial charge in [0.15, 0.2) is 0 Å². The van der Waals surface area contributed by atoms with Crippen molar-refractivity contribution >= 4 is 0 Å². The number of rotatable bonds is 5.